The number of nitro groups is 1. The molecule has 0 bridgehead atoms. The van der Waals surface area contributed by atoms with Gasteiger partial charge in [-0.2, -0.15) is 0 Å². The van der Waals surface area contributed by atoms with Crippen LogP contribution in [-0.4, -0.2) is 35.4 Å². The van der Waals surface area contributed by atoms with Crippen LogP contribution in [0.4, 0.5) is 17.3 Å². The number of hydrogen-bond acceptors (Lipinski definition) is 6. The SMILES string of the molecule is CNc1cc([N+](=O)[O-])cc(NC2CCC(=O)NC2)n1. The number of pyridine rings is 1. The Kier molecular flexibility index (Phi) is 3.79. The van der Waals surface area contributed by atoms with Crippen LogP contribution in [0.1, 0.15) is 12.8 Å². The molecule has 8 heteroatoms. The second kappa shape index (κ2) is 5.51. The van der Waals surface area contributed by atoms with Gasteiger partial charge in [-0.3, -0.25) is 14.9 Å². The van der Waals surface area contributed by atoms with Gasteiger partial charge in [0.1, 0.15) is 11.6 Å². The number of nitrogens with zero attached hydrogens (tertiary/aromatic N) is 2. The molecule has 0 spiro atoms. The molecule has 102 valence electrons. The standard InChI is InChI=1S/C11H15N5O3/c1-12-9-4-8(16(18)19)5-10(15-9)14-7-2-3-11(17)13-6-7/h4-5,7H,2-3,6H2,1H3,(H,13,17)(H2,12,14,15). The summed E-state index contributed by atoms with van der Waals surface area (Å²) in [7, 11) is 1.65. The summed E-state index contributed by atoms with van der Waals surface area (Å²) < 4.78 is 0. The fourth-order valence-electron chi connectivity index (χ4n) is 1.89. The van der Waals surface area contributed by atoms with E-state index >= 15 is 0 Å². The van der Waals surface area contributed by atoms with Crippen LogP contribution in [0, 0.1) is 10.1 Å². The van der Waals surface area contributed by atoms with Gasteiger partial charge in [0.25, 0.3) is 5.69 Å². The van der Waals surface area contributed by atoms with E-state index in [9.17, 15) is 14.9 Å². The Morgan fingerprint density at radius 1 is 1.47 bits per heavy atom. The van der Waals surface area contributed by atoms with Gasteiger partial charge in [0.15, 0.2) is 0 Å². The Balaban J connectivity index is 2.12. The maximum atomic E-state index is 11.1. The summed E-state index contributed by atoms with van der Waals surface area (Å²) in [5.74, 6) is 0.886. The van der Waals surface area contributed by atoms with E-state index in [1.807, 2.05) is 0 Å². The summed E-state index contributed by atoms with van der Waals surface area (Å²) in [5, 5.41) is 19.4. The molecular weight excluding hydrogens is 250 g/mol. The normalized spacial score (nSPS) is 18.6. The van der Waals surface area contributed by atoms with Crippen LogP contribution in [0.2, 0.25) is 0 Å². The molecule has 1 aliphatic rings. The monoisotopic (exact) mass is 265 g/mol. The molecule has 0 radical (unpaired) electrons. The van der Waals surface area contributed by atoms with Crippen molar-refractivity contribution in [2.45, 2.75) is 18.9 Å². The second-order valence-electron chi connectivity index (χ2n) is 4.29. The highest BCUT2D eigenvalue weighted by Crippen LogP contribution is 2.21. The molecule has 8 nitrogen and oxygen atoms in total. The second-order valence-corrected chi connectivity index (χ2v) is 4.29. The number of carbonyl (C=O) groups excluding carboxylic acids is 1. The minimum absolute atomic E-state index is 0.0262. The molecule has 2 heterocycles. The molecule has 19 heavy (non-hydrogen) atoms. The fraction of sp³-hybridized carbons (Fsp3) is 0.455. The molecule has 1 aliphatic heterocycles. The summed E-state index contributed by atoms with van der Waals surface area (Å²) in [5.41, 5.74) is -0.0262. The average Bonchev–Trinajstić information content (AvgIpc) is 2.41. The van der Waals surface area contributed by atoms with E-state index in [0.717, 1.165) is 0 Å². The fourth-order valence-corrected chi connectivity index (χ4v) is 1.89. The number of carbonyl (C=O) groups is 1. The zero-order valence-electron chi connectivity index (χ0n) is 10.5. The topological polar surface area (TPSA) is 109 Å². The molecule has 1 fully saturated rings. The first-order valence-corrected chi connectivity index (χ1v) is 5.96. The largest absolute Gasteiger partial charge is 0.373 e. The molecule has 0 aliphatic carbocycles. The summed E-state index contributed by atoms with van der Waals surface area (Å²) in [6, 6.07) is 2.79. The van der Waals surface area contributed by atoms with Crippen LogP contribution in [-0.2, 0) is 4.79 Å². The van der Waals surface area contributed by atoms with Crippen LogP contribution in [0.15, 0.2) is 12.1 Å². The van der Waals surface area contributed by atoms with E-state index < -0.39 is 4.92 Å². The molecular formula is C11H15N5O3. The van der Waals surface area contributed by atoms with Crippen molar-refractivity contribution >= 4 is 23.2 Å². The van der Waals surface area contributed by atoms with Crippen molar-refractivity contribution in [3.63, 3.8) is 0 Å². The predicted octanol–water partition coefficient (Wildman–Crippen LogP) is 0.722. The highest BCUT2D eigenvalue weighted by atomic mass is 16.6. The quantitative estimate of drug-likeness (QED) is 0.546. The molecule has 0 aromatic carbocycles. The van der Waals surface area contributed by atoms with Gasteiger partial charge >= 0.3 is 0 Å². The minimum atomic E-state index is -0.462. The maximum Gasteiger partial charge on any atom is 0.276 e. The zero-order chi connectivity index (χ0) is 13.8. The lowest BCUT2D eigenvalue weighted by molar-refractivity contribution is -0.384. The smallest absolute Gasteiger partial charge is 0.276 e. The number of hydrogen-bond donors (Lipinski definition) is 3. The minimum Gasteiger partial charge on any atom is -0.373 e. The number of anilines is 2. The Labute approximate surface area is 109 Å². The Bertz CT molecular complexity index is 495. The van der Waals surface area contributed by atoms with E-state index in [4.69, 9.17) is 0 Å². The van der Waals surface area contributed by atoms with E-state index in [0.29, 0.717) is 31.0 Å². The van der Waals surface area contributed by atoms with Gasteiger partial charge in [-0.05, 0) is 6.42 Å². The zero-order valence-corrected chi connectivity index (χ0v) is 10.5. The van der Waals surface area contributed by atoms with Crippen molar-refractivity contribution < 1.29 is 9.72 Å². The van der Waals surface area contributed by atoms with Crippen molar-refractivity contribution in [3.05, 3.63) is 22.2 Å². The highest BCUT2D eigenvalue weighted by molar-refractivity contribution is 5.77. The molecule has 1 unspecified atom stereocenters. The molecule has 1 atom stereocenters. The number of rotatable bonds is 4. The van der Waals surface area contributed by atoms with Crippen molar-refractivity contribution in [3.8, 4) is 0 Å². The van der Waals surface area contributed by atoms with E-state index in [2.05, 4.69) is 20.9 Å². The third kappa shape index (κ3) is 3.30. The van der Waals surface area contributed by atoms with E-state index in [1.165, 1.54) is 12.1 Å². The lowest BCUT2D eigenvalue weighted by Crippen LogP contribution is -2.42. The lowest BCUT2D eigenvalue weighted by Gasteiger charge is -2.24. The van der Waals surface area contributed by atoms with E-state index in [-0.39, 0.29) is 17.6 Å². The van der Waals surface area contributed by atoms with Gasteiger partial charge in [-0.1, -0.05) is 0 Å². The average molecular weight is 265 g/mol. The number of amides is 1. The van der Waals surface area contributed by atoms with Crippen LogP contribution in [0.5, 0.6) is 0 Å². The predicted molar refractivity (Wildman–Crippen MR) is 70.1 cm³/mol. The van der Waals surface area contributed by atoms with Gasteiger partial charge in [0.05, 0.1) is 17.1 Å². The third-order valence-electron chi connectivity index (χ3n) is 2.89. The van der Waals surface area contributed by atoms with Crippen molar-refractivity contribution in [2.75, 3.05) is 24.2 Å². The first kappa shape index (κ1) is 13.1. The van der Waals surface area contributed by atoms with Crippen molar-refractivity contribution in [1.82, 2.24) is 10.3 Å². The van der Waals surface area contributed by atoms with Crippen LogP contribution in [0.25, 0.3) is 0 Å². The molecule has 1 amide bonds. The lowest BCUT2D eigenvalue weighted by atomic mass is 10.1. The van der Waals surface area contributed by atoms with Crippen LogP contribution in [0.3, 0.4) is 0 Å². The molecule has 1 saturated heterocycles. The van der Waals surface area contributed by atoms with Gasteiger partial charge in [0.2, 0.25) is 5.91 Å². The molecule has 0 saturated carbocycles. The van der Waals surface area contributed by atoms with Gasteiger partial charge in [-0.25, -0.2) is 4.98 Å². The van der Waals surface area contributed by atoms with Crippen LogP contribution >= 0.6 is 0 Å². The summed E-state index contributed by atoms with van der Waals surface area (Å²) in [6.45, 7) is 0.498. The van der Waals surface area contributed by atoms with Crippen molar-refractivity contribution in [1.29, 1.82) is 0 Å². The summed E-state index contributed by atoms with van der Waals surface area (Å²) in [4.78, 5) is 25.6. The van der Waals surface area contributed by atoms with Gasteiger partial charge < -0.3 is 16.0 Å². The van der Waals surface area contributed by atoms with Gasteiger partial charge in [-0.15, -0.1) is 0 Å². The molecule has 1 aromatic rings. The Hall–Kier alpha value is -2.38. The van der Waals surface area contributed by atoms with E-state index in [1.54, 1.807) is 7.05 Å². The maximum absolute atomic E-state index is 11.1. The Morgan fingerprint density at radius 2 is 2.21 bits per heavy atom. The molecule has 1 aromatic heterocycles. The number of nitrogens with one attached hydrogen (secondary N) is 3. The summed E-state index contributed by atoms with van der Waals surface area (Å²) >= 11 is 0. The third-order valence-corrected chi connectivity index (χ3v) is 2.89. The summed E-state index contributed by atoms with van der Waals surface area (Å²) in [6.07, 6.45) is 1.14. The Morgan fingerprint density at radius 3 is 2.79 bits per heavy atom. The highest BCUT2D eigenvalue weighted by Gasteiger charge is 2.19. The van der Waals surface area contributed by atoms with Crippen LogP contribution < -0.4 is 16.0 Å². The number of piperidine rings is 1. The first-order valence-electron chi connectivity index (χ1n) is 5.96. The molecule has 3 N–H and O–H groups in total. The number of aromatic nitrogens is 1. The van der Waals surface area contributed by atoms with Crippen molar-refractivity contribution in [2.24, 2.45) is 0 Å². The van der Waals surface area contributed by atoms with Gasteiger partial charge in [0, 0.05) is 26.1 Å². The molecule has 2 rings (SSSR count). The first-order chi connectivity index (χ1) is 9.08.